The number of amides is 1. The Labute approximate surface area is 122 Å². The van der Waals surface area contributed by atoms with Gasteiger partial charge in [-0.1, -0.05) is 0 Å². The quantitative estimate of drug-likeness (QED) is 0.667. The second kappa shape index (κ2) is 6.22. The van der Waals surface area contributed by atoms with Gasteiger partial charge in [0.1, 0.15) is 11.6 Å². The van der Waals surface area contributed by atoms with Gasteiger partial charge in [-0.15, -0.1) is 0 Å². The Kier molecular flexibility index (Phi) is 4.38. The van der Waals surface area contributed by atoms with Gasteiger partial charge in [0.2, 0.25) is 5.91 Å². The molecule has 7 nitrogen and oxygen atoms in total. The van der Waals surface area contributed by atoms with E-state index in [1.165, 1.54) is 12.1 Å². The van der Waals surface area contributed by atoms with Crippen LogP contribution in [0.4, 0.5) is 11.4 Å². The molecule has 0 atom stereocenters. The van der Waals surface area contributed by atoms with Crippen molar-refractivity contribution in [2.24, 2.45) is 11.7 Å². The van der Waals surface area contributed by atoms with Crippen molar-refractivity contribution < 1.29 is 9.72 Å². The second-order valence-electron chi connectivity index (χ2n) is 5.17. The summed E-state index contributed by atoms with van der Waals surface area (Å²) in [6.45, 7) is 1.45. The number of benzene rings is 1. The predicted octanol–water partition coefficient (Wildman–Crippen LogP) is 1.56. The summed E-state index contributed by atoms with van der Waals surface area (Å²) in [7, 11) is 0. The van der Waals surface area contributed by atoms with Gasteiger partial charge in [0.05, 0.1) is 4.92 Å². The van der Waals surface area contributed by atoms with Gasteiger partial charge >= 0.3 is 0 Å². The second-order valence-corrected chi connectivity index (χ2v) is 5.17. The number of nitrogens with two attached hydrogens (primary N) is 1. The van der Waals surface area contributed by atoms with Crippen molar-refractivity contribution in [2.45, 2.75) is 19.3 Å². The molecule has 21 heavy (non-hydrogen) atoms. The molecule has 2 rings (SSSR count). The normalized spacial score (nSPS) is 15.5. The molecule has 1 aliphatic rings. The topological polar surface area (TPSA) is 113 Å². The molecule has 1 aromatic rings. The van der Waals surface area contributed by atoms with E-state index < -0.39 is 4.92 Å². The number of anilines is 1. The van der Waals surface area contributed by atoms with Crippen LogP contribution in [0.5, 0.6) is 0 Å². The Hall–Kier alpha value is -2.62. The van der Waals surface area contributed by atoms with Crippen LogP contribution in [0.15, 0.2) is 18.2 Å². The molecule has 2 N–H and O–H groups in total. The van der Waals surface area contributed by atoms with Gasteiger partial charge in [-0.3, -0.25) is 14.9 Å². The van der Waals surface area contributed by atoms with E-state index in [-0.39, 0.29) is 23.1 Å². The number of carbonyl (C=O) groups excluding carboxylic acids is 1. The summed E-state index contributed by atoms with van der Waals surface area (Å²) in [5, 5.41) is 19.8. The van der Waals surface area contributed by atoms with Crippen LogP contribution in [0, 0.1) is 27.4 Å². The Morgan fingerprint density at radius 1 is 1.48 bits per heavy atom. The van der Waals surface area contributed by atoms with Crippen LogP contribution in [0.25, 0.3) is 0 Å². The van der Waals surface area contributed by atoms with Crippen LogP contribution in [0.3, 0.4) is 0 Å². The van der Waals surface area contributed by atoms with E-state index >= 15 is 0 Å². The first kappa shape index (κ1) is 14.8. The molecule has 0 unspecified atom stereocenters. The number of nitriles is 1. The number of rotatable bonds is 4. The van der Waals surface area contributed by atoms with Crippen LogP contribution < -0.4 is 10.6 Å². The number of nitrogens with zero attached hydrogens (tertiary/aromatic N) is 3. The largest absolute Gasteiger partial charge is 0.371 e. The molecule has 0 aliphatic carbocycles. The molecule has 1 heterocycles. The lowest BCUT2D eigenvalue weighted by atomic mass is 9.93. The maximum Gasteiger partial charge on any atom is 0.289 e. The van der Waals surface area contributed by atoms with Gasteiger partial charge in [0.15, 0.2) is 0 Å². The van der Waals surface area contributed by atoms with Crippen LogP contribution in [0.1, 0.15) is 24.8 Å². The minimum atomic E-state index is -0.540. The van der Waals surface area contributed by atoms with E-state index in [1.54, 1.807) is 6.07 Å². The van der Waals surface area contributed by atoms with Gasteiger partial charge < -0.3 is 10.6 Å². The standard InChI is InChI=1S/C14H16N4O3/c15-9-11-1-2-12(8-13(11)18(20)21)17-5-3-10(4-6-17)7-14(16)19/h1-2,8,10H,3-7H2,(H2,16,19). The Morgan fingerprint density at radius 2 is 2.14 bits per heavy atom. The highest BCUT2D eigenvalue weighted by atomic mass is 16.6. The lowest BCUT2D eigenvalue weighted by molar-refractivity contribution is -0.385. The van der Waals surface area contributed by atoms with Crippen LogP contribution in [0.2, 0.25) is 0 Å². The fraction of sp³-hybridized carbons (Fsp3) is 0.429. The fourth-order valence-corrected chi connectivity index (χ4v) is 2.64. The Balaban J connectivity index is 2.10. The molecular weight excluding hydrogens is 272 g/mol. The third-order valence-corrected chi connectivity index (χ3v) is 3.77. The summed E-state index contributed by atoms with van der Waals surface area (Å²) in [5.74, 6) is -0.00502. The lowest BCUT2D eigenvalue weighted by Gasteiger charge is -2.33. The molecule has 0 saturated carbocycles. The zero-order valence-corrected chi connectivity index (χ0v) is 11.5. The zero-order chi connectivity index (χ0) is 15.4. The summed E-state index contributed by atoms with van der Waals surface area (Å²) in [6, 6.07) is 6.46. The van der Waals surface area contributed by atoms with Crippen molar-refractivity contribution in [3.63, 3.8) is 0 Å². The number of carbonyl (C=O) groups is 1. The van der Waals surface area contributed by atoms with Crippen LogP contribution in [-0.4, -0.2) is 23.9 Å². The average Bonchev–Trinajstić information content (AvgIpc) is 2.46. The highest BCUT2D eigenvalue weighted by Gasteiger charge is 2.23. The molecular formula is C14H16N4O3. The number of hydrogen-bond donors (Lipinski definition) is 1. The first-order valence-corrected chi connectivity index (χ1v) is 6.73. The van der Waals surface area contributed by atoms with E-state index in [2.05, 4.69) is 0 Å². The summed E-state index contributed by atoms with van der Waals surface area (Å²) < 4.78 is 0. The van der Waals surface area contributed by atoms with E-state index in [0.29, 0.717) is 6.42 Å². The molecule has 1 fully saturated rings. The van der Waals surface area contributed by atoms with E-state index in [4.69, 9.17) is 11.0 Å². The molecule has 7 heteroatoms. The van der Waals surface area contributed by atoms with Crippen molar-refractivity contribution in [1.82, 2.24) is 0 Å². The highest BCUT2D eigenvalue weighted by Crippen LogP contribution is 2.29. The molecule has 0 spiro atoms. The molecule has 0 radical (unpaired) electrons. The minimum Gasteiger partial charge on any atom is -0.371 e. The maximum atomic E-state index is 11.0. The van der Waals surface area contributed by atoms with Gasteiger partial charge in [0, 0.05) is 31.3 Å². The Morgan fingerprint density at radius 3 is 2.67 bits per heavy atom. The summed E-state index contributed by atoms with van der Waals surface area (Å²) in [4.78, 5) is 23.4. The maximum absolute atomic E-state index is 11.0. The SMILES string of the molecule is N#Cc1ccc(N2CCC(CC(N)=O)CC2)cc1[N+](=O)[O-]. The molecule has 110 valence electrons. The summed E-state index contributed by atoms with van der Waals surface area (Å²) >= 11 is 0. The highest BCUT2D eigenvalue weighted by molar-refractivity contribution is 5.74. The van der Waals surface area contributed by atoms with E-state index in [1.807, 2.05) is 11.0 Å². The van der Waals surface area contributed by atoms with Gasteiger partial charge in [-0.05, 0) is 30.9 Å². The Bertz CT molecular complexity index is 601. The van der Waals surface area contributed by atoms with Crippen LogP contribution >= 0.6 is 0 Å². The molecule has 0 bridgehead atoms. The first-order valence-electron chi connectivity index (χ1n) is 6.73. The summed E-state index contributed by atoms with van der Waals surface area (Å²) in [5.41, 5.74) is 5.82. The van der Waals surface area contributed by atoms with Crippen molar-refractivity contribution >= 4 is 17.3 Å². The van der Waals surface area contributed by atoms with Crippen molar-refractivity contribution in [3.05, 3.63) is 33.9 Å². The first-order chi connectivity index (χ1) is 10.0. The molecule has 1 amide bonds. The monoisotopic (exact) mass is 288 g/mol. The van der Waals surface area contributed by atoms with Gasteiger partial charge in [-0.2, -0.15) is 5.26 Å². The molecule has 1 aromatic carbocycles. The van der Waals surface area contributed by atoms with Crippen molar-refractivity contribution in [1.29, 1.82) is 5.26 Å². The zero-order valence-electron chi connectivity index (χ0n) is 11.5. The van der Waals surface area contributed by atoms with Crippen molar-refractivity contribution in [2.75, 3.05) is 18.0 Å². The smallest absolute Gasteiger partial charge is 0.289 e. The van der Waals surface area contributed by atoms with Crippen LogP contribution in [-0.2, 0) is 4.79 Å². The number of nitro benzene ring substituents is 1. The molecule has 1 saturated heterocycles. The number of nitro groups is 1. The minimum absolute atomic E-state index is 0.0624. The summed E-state index contributed by atoms with van der Waals surface area (Å²) in [6.07, 6.45) is 2.05. The fourth-order valence-electron chi connectivity index (χ4n) is 2.64. The molecule has 1 aliphatic heterocycles. The van der Waals surface area contributed by atoms with E-state index in [0.717, 1.165) is 31.6 Å². The third kappa shape index (κ3) is 3.48. The average molecular weight is 288 g/mol. The number of piperidine rings is 1. The number of hydrogen-bond acceptors (Lipinski definition) is 5. The number of primary amides is 1. The third-order valence-electron chi connectivity index (χ3n) is 3.77. The predicted molar refractivity (Wildman–Crippen MR) is 76.6 cm³/mol. The molecule has 0 aromatic heterocycles. The lowest BCUT2D eigenvalue weighted by Crippen LogP contribution is -2.35. The van der Waals surface area contributed by atoms with Gasteiger partial charge in [0.25, 0.3) is 5.69 Å². The van der Waals surface area contributed by atoms with Crippen molar-refractivity contribution in [3.8, 4) is 6.07 Å². The van der Waals surface area contributed by atoms with E-state index in [9.17, 15) is 14.9 Å². The van der Waals surface area contributed by atoms with Gasteiger partial charge in [-0.25, -0.2) is 0 Å².